The van der Waals surface area contributed by atoms with E-state index in [0.717, 1.165) is 16.7 Å². The van der Waals surface area contributed by atoms with Crippen molar-refractivity contribution in [2.24, 2.45) is 21.7 Å². The van der Waals surface area contributed by atoms with E-state index in [0.29, 0.717) is 0 Å². The number of carbonyl (C=O) groups is 5. The third-order valence-electron chi connectivity index (χ3n) is 11.4. The summed E-state index contributed by atoms with van der Waals surface area (Å²) in [5.41, 5.74) is -1.90. The normalized spacial score (nSPS) is 24.8. The van der Waals surface area contributed by atoms with Crippen molar-refractivity contribution >= 4 is 30.0 Å². The van der Waals surface area contributed by atoms with Gasteiger partial charge >= 0.3 is 30.0 Å². The Labute approximate surface area is 423 Å². The van der Waals surface area contributed by atoms with Crippen molar-refractivity contribution < 1.29 is 80.8 Å². The molecular weight excluding hydrogens is 933 g/mol. The van der Waals surface area contributed by atoms with Crippen LogP contribution in [-0.2, 0) is 95.8 Å². The quantitative estimate of drug-likeness (QED) is 0.0868. The smallest absolute Gasteiger partial charge is 0.462 e. The zero-order chi connectivity index (χ0) is 53.0. The van der Waals surface area contributed by atoms with Crippen LogP contribution in [0.2, 0.25) is 0 Å². The first-order chi connectivity index (χ1) is 33.8. The lowest BCUT2D eigenvalue weighted by Gasteiger charge is -2.46. The fourth-order valence-corrected chi connectivity index (χ4v) is 7.13. The van der Waals surface area contributed by atoms with Crippen molar-refractivity contribution in [1.29, 1.82) is 0 Å². The SMILES string of the molecule is CO[C@H]1O[C@H](COCc2ccccc2)[C@@H](OC(=O)O[C@@H]2O[C@H](COC(=O)C(C)(C)C)[C@H](OC(=O)C(C)(C)C)[C@H](OC(=O)C(C)(C)C)[C@H]2OC(=O)C(C)(C)C)[C@H](OCc2ccccc2)[C@H]1OCc1ccccc1. The average molecular weight is 1010 g/mol. The van der Waals surface area contributed by atoms with Crippen molar-refractivity contribution in [1.82, 2.24) is 0 Å². The topological polar surface area (TPSA) is 196 Å². The maximum absolute atomic E-state index is 14.7. The van der Waals surface area contributed by atoms with E-state index in [2.05, 4.69) is 0 Å². The molecular formula is C55H74O17. The summed E-state index contributed by atoms with van der Waals surface area (Å²) in [5, 5.41) is 0. The monoisotopic (exact) mass is 1010 g/mol. The van der Waals surface area contributed by atoms with Crippen LogP contribution in [0.3, 0.4) is 0 Å². The summed E-state index contributed by atoms with van der Waals surface area (Å²) in [6.07, 6.45) is -15.5. The standard InChI is InChI=1S/C55H74O17/c1-52(2,3)47(56)65-33-38-40(68-48(57)53(4,5)6)42(69-49(58)54(7,8)9)44(70-50(59)55(10,11)12)46(67-38)72-51(60)71-39-37(32-62-29-34-23-17-14-18-24-34)66-45(61-13)43(64-31-36-27-21-16-22-28-36)41(39)63-30-35-25-19-15-20-26-35/h14-28,37-46H,29-33H2,1-13H3/t37-,38-,39-,40+,41+,42+,43-,44-,45+,46+/m1/s1. The molecule has 72 heavy (non-hydrogen) atoms. The summed E-state index contributed by atoms with van der Waals surface area (Å²) < 4.78 is 74.4. The Hall–Kier alpha value is -5.43. The summed E-state index contributed by atoms with van der Waals surface area (Å²) in [4.78, 5) is 69.5. The van der Waals surface area contributed by atoms with Crippen LogP contribution < -0.4 is 0 Å². The molecule has 3 aromatic rings. The minimum Gasteiger partial charge on any atom is -0.462 e. The molecule has 17 nitrogen and oxygen atoms in total. The second kappa shape index (κ2) is 25.0. The first-order valence-electron chi connectivity index (χ1n) is 24.2. The molecule has 0 N–H and O–H groups in total. The fraction of sp³-hybridized carbons (Fsp3) is 0.582. The molecule has 17 heteroatoms. The highest BCUT2D eigenvalue weighted by atomic mass is 16.8. The van der Waals surface area contributed by atoms with Gasteiger partial charge in [0.25, 0.3) is 0 Å². The second-order valence-corrected chi connectivity index (χ2v) is 22.0. The highest BCUT2D eigenvalue weighted by Crippen LogP contribution is 2.36. The van der Waals surface area contributed by atoms with Crippen molar-refractivity contribution in [3.8, 4) is 0 Å². The van der Waals surface area contributed by atoms with E-state index < -0.39 is 120 Å². The number of rotatable bonds is 18. The predicted molar refractivity (Wildman–Crippen MR) is 260 cm³/mol. The molecule has 0 radical (unpaired) electrons. The largest absolute Gasteiger partial charge is 0.511 e. The lowest BCUT2D eigenvalue weighted by molar-refractivity contribution is -0.323. The molecule has 0 aliphatic carbocycles. The number of hydrogen-bond acceptors (Lipinski definition) is 17. The molecule has 2 fully saturated rings. The Morgan fingerprint density at radius 2 is 0.806 bits per heavy atom. The van der Waals surface area contributed by atoms with Gasteiger partial charge in [-0.1, -0.05) is 91.0 Å². The van der Waals surface area contributed by atoms with E-state index in [4.69, 9.17) is 56.8 Å². The molecule has 2 aliphatic rings. The van der Waals surface area contributed by atoms with Crippen LogP contribution in [0.4, 0.5) is 4.79 Å². The van der Waals surface area contributed by atoms with Gasteiger partial charge in [-0.2, -0.15) is 0 Å². The number of methoxy groups -OCH3 is 1. The highest BCUT2D eigenvalue weighted by Gasteiger charge is 2.57. The van der Waals surface area contributed by atoms with E-state index in [1.807, 2.05) is 91.0 Å². The lowest BCUT2D eigenvalue weighted by atomic mass is 9.93. The van der Waals surface area contributed by atoms with Crippen molar-refractivity contribution in [2.45, 2.75) is 164 Å². The third kappa shape index (κ3) is 16.5. The number of hydrogen-bond donors (Lipinski definition) is 0. The van der Waals surface area contributed by atoms with Gasteiger partial charge in [0.2, 0.25) is 12.4 Å². The van der Waals surface area contributed by atoms with Gasteiger partial charge < -0.3 is 56.8 Å². The van der Waals surface area contributed by atoms with Gasteiger partial charge in [-0.05, 0) is 99.8 Å². The van der Waals surface area contributed by atoms with Crippen molar-refractivity contribution in [3.05, 3.63) is 108 Å². The van der Waals surface area contributed by atoms with Gasteiger partial charge in [-0.3, -0.25) is 19.2 Å². The van der Waals surface area contributed by atoms with E-state index in [1.165, 1.54) is 7.11 Å². The Morgan fingerprint density at radius 1 is 0.417 bits per heavy atom. The van der Waals surface area contributed by atoms with E-state index >= 15 is 0 Å². The fourth-order valence-electron chi connectivity index (χ4n) is 7.13. The second-order valence-electron chi connectivity index (χ2n) is 22.0. The van der Waals surface area contributed by atoms with Crippen LogP contribution >= 0.6 is 0 Å². The maximum atomic E-state index is 14.7. The Kier molecular flexibility index (Phi) is 20.0. The summed E-state index contributed by atoms with van der Waals surface area (Å²) >= 11 is 0. The van der Waals surface area contributed by atoms with Crippen LogP contribution in [0.25, 0.3) is 0 Å². The maximum Gasteiger partial charge on any atom is 0.511 e. The van der Waals surface area contributed by atoms with E-state index in [1.54, 1.807) is 83.1 Å². The summed E-state index contributed by atoms with van der Waals surface area (Å²) in [6.45, 7) is 18.9. The number of esters is 4. The summed E-state index contributed by atoms with van der Waals surface area (Å²) in [5.74, 6) is -3.01. The molecule has 2 saturated heterocycles. The molecule has 0 unspecified atom stereocenters. The third-order valence-corrected chi connectivity index (χ3v) is 11.4. The minimum absolute atomic E-state index is 0.0423. The van der Waals surface area contributed by atoms with Crippen molar-refractivity contribution in [3.63, 3.8) is 0 Å². The molecule has 2 aliphatic heterocycles. The molecule has 0 bridgehead atoms. The predicted octanol–water partition coefficient (Wildman–Crippen LogP) is 8.46. The minimum atomic E-state index is -1.94. The zero-order valence-corrected chi connectivity index (χ0v) is 43.9. The van der Waals surface area contributed by atoms with Gasteiger partial charge in [-0.15, -0.1) is 0 Å². The highest BCUT2D eigenvalue weighted by molar-refractivity contribution is 5.78. The summed E-state index contributed by atoms with van der Waals surface area (Å²) in [7, 11) is 1.46. The summed E-state index contributed by atoms with van der Waals surface area (Å²) in [6, 6.07) is 28.2. The van der Waals surface area contributed by atoms with Gasteiger partial charge in [0, 0.05) is 7.11 Å². The van der Waals surface area contributed by atoms with Crippen LogP contribution in [-0.4, -0.2) is 112 Å². The first-order valence-corrected chi connectivity index (χ1v) is 24.2. The van der Waals surface area contributed by atoms with Crippen LogP contribution in [0.5, 0.6) is 0 Å². The van der Waals surface area contributed by atoms with Crippen LogP contribution in [0, 0.1) is 21.7 Å². The Morgan fingerprint density at radius 3 is 1.26 bits per heavy atom. The average Bonchev–Trinajstić information content (AvgIpc) is 3.31. The van der Waals surface area contributed by atoms with Gasteiger partial charge in [0.05, 0.1) is 48.1 Å². The van der Waals surface area contributed by atoms with Gasteiger partial charge in [-0.25, -0.2) is 4.79 Å². The molecule has 2 heterocycles. The van der Waals surface area contributed by atoms with Crippen molar-refractivity contribution in [2.75, 3.05) is 20.3 Å². The zero-order valence-electron chi connectivity index (χ0n) is 43.9. The number of ether oxygens (including phenoxy) is 12. The molecule has 10 atom stereocenters. The molecule has 396 valence electrons. The number of carbonyl (C=O) groups excluding carboxylic acids is 5. The van der Waals surface area contributed by atoms with Crippen LogP contribution in [0.15, 0.2) is 91.0 Å². The van der Waals surface area contributed by atoms with Crippen LogP contribution in [0.1, 0.15) is 99.8 Å². The Balaban J connectivity index is 1.59. The van der Waals surface area contributed by atoms with Gasteiger partial charge in [0.15, 0.2) is 24.6 Å². The molecule has 0 saturated carbocycles. The lowest BCUT2D eigenvalue weighted by Crippen LogP contribution is -2.65. The molecule has 0 amide bonds. The molecule has 5 rings (SSSR count). The van der Waals surface area contributed by atoms with E-state index in [-0.39, 0.29) is 26.4 Å². The van der Waals surface area contributed by atoms with Gasteiger partial charge in [0.1, 0.15) is 31.0 Å². The van der Waals surface area contributed by atoms with E-state index in [9.17, 15) is 24.0 Å². The molecule has 0 aromatic heterocycles. The number of benzene rings is 3. The first kappa shape index (κ1) is 57.5. The molecule has 0 spiro atoms. The Bertz CT molecular complexity index is 2210. The molecule has 3 aromatic carbocycles.